The van der Waals surface area contributed by atoms with Gasteiger partial charge < -0.3 is 0 Å². The van der Waals surface area contributed by atoms with Crippen LogP contribution in [0.25, 0.3) is 0 Å². The largest absolute Gasteiger partial charge is 0.207 e. The third-order valence-corrected chi connectivity index (χ3v) is 4.29. The second-order valence-electron chi connectivity index (χ2n) is 3.15. The lowest BCUT2D eigenvalue weighted by Gasteiger charge is -2.00. The molecule has 2 nitrogen and oxygen atoms in total. The van der Waals surface area contributed by atoms with E-state index in [4.69, 9.17) is 0 Å². The SMILES string of the molecule is Cc1nnc(SCc2cc(F)cc(Br)c2)s1. The molecule has 0 N–H and O–H groups in total. The Morgan fingerprint density at radius 2 is 2.19 bits per heavy atom. The zero-order valence-corrected chi connectivity index (χ0v) is 11.6. The first-order valence-corrected chi connectivity index (χ1v) is 7.11. The zero-order chi connectivity index (χ0) is 11.5. The minimum absolute atomic E-state index is 0.224. The van der Waals surface area contributed by atoms with E-state index in [1.165, 1.54) is 12.1 Å². The Hall–Kier alpha value is -0.460. The van der Waals surface area contributed by atoms with Crippen molar-refractivity contribution >= 4 is 39.0 Å². The molecule has 0 unspecified atom stereocenters. The van der Waals surface area contributed by atoms with E-state index < -0.39 is 0 Å². The van der Waals surface area contributed by atoms with E-state index in [1.54, 1.807) is 23.1 Å². The fraction of sp³-hybridized carbons (Fsp3) is 0.200. The molecular weight excluding hydrogens is 311 g/mol. The fourth-order valence-electron chi connectivity index (χ4n) is 1.18. The number of nitrogens with zero attached hydrogens (tertiary/aromatic N) is 2. The van der Waals surface area contributed by atoms with Gasteiger partial charge in [-0.2, -0.15) is 0 Å². The quantitative estimate of drug-likeness (QED) is 0.799. The third kappa shape index (κ3) is 3.26. The van der Waals surface area contributed by atoms with Crippen molar-refractivity contribution in [1.29, 1.82) is 0 Å². The summed E-state index contributed by atoms with van der Waals surface area (Å²) in [4.78, 5) is 0. The first kappa shape index (κ1) is 12.0. The highest BCUT2D eigenvalue weighted by atomic mass is 79.9. The molecule has 1 aromatic carbocycles. The van der Waals surface area contributed by atoms with Crippen molar-refractivity contribution in [2.24, 2.45) is 0 Å². The highest BCUT2D eigenvalue weighted by Gasteiger charge is 2.04. The molecule has 0 atom stereocenters. The van der Waals surface area contributed by atoms with Gasteiger partial charge in [0.05, 0.1) is 0 Å². The number of hydrogen-bond acceptors (Lipinski definition) is 4. The average Bonchev–Trinajstić information content (AvgIpc) is 2.60. The van der Waals surface area contributed by atoms with Gasteiger partial charge in [0.25, 0.3) is 0 Å². The molecule has 84 valence electrons. The lowest BCUT2D eigenvalue weighted by atomic mass is 10.2. The minimum Gasteiger partial charge on any atom is -0.207 e. The highest BCUT2D eigenvalue weighted by Crippen LogP contribution is 2.27. The maximum Gasteiger partial charge on any atom is 0.174 e. The van der Waals surface area contributed by atoms with Crippen LogP contribution in [-0.4, -0.2) is 10.2 Å². The molecule has 2 rings (SSSR count). The summed E-state index contributed by atoms with van der Waals surface area (Å²) in [5, 5.41) is 8.88. The molecule has 1 heterocycles. The van der Waals surface area contributed by atoms with Gasteiger partial charge in [0.2, 0.25) is 0 Å². The molecule has 0 radical (unpaired) electrons. The predicted molar refractivity (Wildman–Crippen MR) is 68.3 cm³/mol. The number of benzene rings is 1. The van der Waals surface area contributed by atoms with Crippen LogP contribution in [0, 0.1) is 12.7 Å². The average molecular weight is 319 g/mol. The van der Waals surface area contributed by atoms with E-state index in [1.807, 2.05) is 13.0 Å². The Bertz CT molecular complexity index is 481. The summed E-state index contributed by atoms with van der Waals surface area (Å²) < 4.78 is 14.8. The second-order valence-corrected chi connectivity index (χ2v) is 6.47. The van der Waals surface area contributed by atoms with Gasteiger partial charge in [-0.1, -0.05) is 39.0 Å². The molecule has 0 fully saturated rings. The van der Waals surface area contributed by atoms with Crippen LogP contribution >= 0.6 is 39.0 Å². The molecule has 0 aliphatic carbocycles. The van der Waals surface area contributed by atoms with E-state index in [-0.39, 0.29) is 5.82 Å². The van der Waals surface area contributed by atoms with Crippen molar-refractivity contribution in [3.8, 4) is 0 Å². The van der Waals surface area contributed by atoms with Gasteiger partial charge in [0, 0.05) is 10.2 Å². The topological polar surface area (TPSA) is 25.8 Å². The number of halogens is 2. The normalized spacial score (nSPS) is 10.7. The van der Waals surface area contributed by atoms with Gasteiger partial charge >= 0.3 is 0 Å². The van der Waals surface area contributed by atoms with E-state index >= 15 is 0 Å². The maximum absolute atomic E-state index is 13.1. The van der Waals surface area contributed by atoms with Gasteiger partial charge in [0.15, 0.2) is 4.34 Å². The summed E-state index contributed by atoms with van der Waals surface area (Å²) in [6, 6.07) is 4.89. The van der Waals surface area contributed by atoms with Crippen molar-refractivity contribution in [3.63, 3.8) is 0 Å². The Kier molecular flexibility index (Phi) is 3.94. The molecule has 0 spiro atoms. The van der Waals surface area contributed by atoms with Crippen molar-refractivity contribution < 1.29 is 4.39 Å². The first-order chi connectivity index (χ1) is 7.63. The number of thioether (sulfide) groups is 1. The van der Waals surface area contributed by atoms with Crippen molar-refractivity contribution in [2.75, 3.05) is 0 Å². The van der Waals surface area contributed by atoms with E-state index in [0.29, 0.717) is 5.75 Å². The van der Waals surface area contributed by atoms with Crippen LogP contribution in [0.15, 0.2) is 27.0 Å². The van der Waals surface area contributed by atoms with E-state index in [0.717, 1.165) is 19.4 Å². The minimum atomic E-state index is -0.224. The third-order valence-electron chi connectivity index (χ3n) is 1.79. The van der Waals surface area contributed by atoms with E-state index in [9.17, 15) is 4.39 Å². The number of rotatable bonds is 3. The summed E-state index contributed by atoms with van der Waals surface area (Å²) in [7, 11) is 0. The molecule has 0 bridgehead atoms. The predicted octanol–water partition coefficient (Wildman–Crippen LogP) is 4.04. The van der Waals surface area contributed by atoms with Crippen LogP contribution in [0.3, 0.4) is 0 Å². The molecule has 0 saturated carbocycles. The standard InChI is InChI=1S/C10H8BrFN2S2/c1-6-13-14-10(16-6)15-5-7-2-8(11)4-9(12)3-7/h2-4H,5H2,1H3. The molecule has 6 heteroatoms. The first-order valence-electron chi connectivity index (χ1n) is 4.51. The Morgan fingerprint density at radius 3 is 2.81 bits per heavy atom. The molecule has 1 aromatic heterocycles. The Labute approximate surface area is 109 Å². The van der Waals surface area contributed by atoms with Gasteiger partial charge in [-0.05, 0) is 30.7 Å². The number of aryl methyl sites for hydroxylation is 1. The monoisotopic (exact) mass is 318 g/mol. The van der Waals surface area contributed by atoms with Crippen molar-refractivity contribution in [3.05, 3.63) is 39.1 Å². The summed E-state index contributed by atoms with van der Waals surface area (Å²) >= 11 is 6.39. The smallest absolute Gasteiger partial charge is 0.174 e. The molecule has 0 aliphatic rings. The summed E-state index contributed by atoms with van der Waals surface area (Å²) in [6.07, 6.45) is 0. The van der Waals surface area contributed by atoms with Gasteiger partial charge in [0.1, 0.15) is 10.8 Å². The molecular formula is C10H8BrFN2S2. The molecule has 2 aromatic rings. The van der Waals surface area contributed by atoms with Crippen LogP contribution in [0.2, 0.25) is 0 Å². The van der Waals surface area contributed by atoms with Crippen LogP contribution in [0.1, 0.15) is 10.6 Å². The lowest BCUT2D eigenvalue weighted by molar-refractivity contribution is 0.625. The summed E-state index contributed by atoms with van der Waals surface area (Å²) in [6.45, 7) is 1.92. The van der Waals surface area contributed by atoms with Crippen LogP contribution in [-0.2, 0) is 5.75 Å². The molecule has 0 saturated heterocycles. The van der Waals surface area contributed by atoms with Crippen molar-refractivity contribution in [2.45, 2.75) is 17.0 Å². The Morgan fingerprint density at radius 1 is 1.38 bits per heavy atom. The lowest BCUT2D eigenvalue weighted by Crippen LogP contribution is -1.83. The van der Waals surface area contributed by atoms with Crippen LogP contribution in [0.4, 0.5) is 4.39 Å². The van der Waals surface area contributed by atoms with E-state index in [2.05, 4.69) is 26.1 Å². The number of aromatic nitrogens is 2. The summed E-state index contributed by atoms with van der Waals surface area (Å²) in [5.74, 6) is 0.476. The number of hydrogen-bond donors (Lipinski definition) is 0. The molecule has 16 heavy (non-hydrogen) atoms. The second kappa shape index (κ2) is 5.25. The fourth-order valence-corrected chi connectivity index (χ4v) is 3.43. The Balaban J connectivity index is 2.04. The zero-order valence-electron chi connectivity index (χ0n) is 8.41. The summed E-state index contributed by atoms with van der Waals surface area (Å²) in [5.41, 5.74) is 0.935. The van der Waals surface area contributed by atoms with Crippen molar-refractivity contribution in [1.82, 2.24) is 10.2 Å². The maximum atomic E-state index is 13.1. The highest BCUT2D eigenvalue weighted by molar-refractivity contribution is 9.10. The molecule has 0 amide bonds. The molecule has 0 aliphatic heterocycles. The van der Waals surface area contributed by atoms with Gasteiger partial charge in [-0.3, -0.25) is 0 Å². The van der Waals surface area contributed by atoms with Gasteiger partial charge in [-0.25, -0.2) is 4.39 Å². The van der Waals surface area contributed by atoms with Gasteiger partial charge in [-0.15, -0.1) is 10.2 Å². The van der Waals surface area contributed by atoms with Crippen LogP contribution in [0.5, 0.6) is 0 Å². The van der Waals surface area contributed by atoms with Crippen LogP contribution < -0.4 is 0 Å².